The average molecular weight is 268 g/mol. The largest absolute Gasteiger partial charge is 0.480 e. The van der Waals surface area contributed by atoms with Gasteiger partial charge in [0.25, 0.3) is 5.92 Å². The molecule has 1 aromatic rings. The van der Waals surface area contributed by atoms with Crippen molar-refractivity contribution in [2.45, 2.75) is 30.6 Å². The van der Waals surface area contributed by atoms with Crippen molar-refractivity contribution in [1.29, 1.82) is 0 Å². The molecule has 1 saturated heterocycles. The number of carboxylic acid groups (broad SMARTS) is 1. The molecule has 0 spiro atoms. The zero-order valence-electron chi connectivity index (χ0n) is 10.3. The molecule has 6 heteroatoms. The van der Waals surface area contributed by atoms with Crippen LogP contribution >= 0.6 is 0 Å². The number of alkyl halides is 2. The highest BCUT2D eigenvalue weighted by molar-refractivity contribution is 5.89. The number of anilines is 1. The first-order chi connectivity index (χ1) is 8.99. The molecule has 1 saturated carbocycles. The minimum absolute atomic E-state index is 0.148. The van der Waals surface area contributed by atoms with Gasteiger partial charge in [0.1, 0.15) is 5.82 Å². The van der Waals surface area contributed by atoms with Crippen LogP contribution in [-0.4, -0.2) is 35.1 Å². The Morgan fingerprint density at radius 3 is 2.53 bits per heavy atom. The van der Waals surface area contributed by atoms with Crippen LogP contribution in [0.2, 0.25) is 0 Å². The summed E-state index contributed by atoms with van der Waals surface area (Å²) in [5.41, 5.74) is -1.94. The Hall–Kier alpha value is -1.72. The maximum Gasteiger partial charge on any atom is 0.320 e. The third kappa shape index (κ3) is 1.62. The van der Waals surface area contributed by atoms with E-state index in [2.05, 4.69) is 4.98 Å². The number of rotatable bonds is 3. The summed E-state index contributed by atoms with van der Waals surface area (Å²) < 4.78 is 27.3. The lowest BCUT2D eigenvalue weighted by molar-refractivity contribution is -0.142. The van der Waals surface area contributed by atoms with Gasteiger partial charge in [-0.05, 0) is 18.9 Å². The molecule has 2 heterocycles. The maximum atomic E-state index is 13.6. The first kappa shape index (κ1) is 12.3. The molecule has 2 fully saturated rings. The number of carbonyl (C=O) groups is 1. The molecule has 0 amide bonds. The van der Waals surface area contributed by atoms with Crippen LogP contribution in [0.3, 0.4) is 0 Å². The lowest BCUT2D eigenvalue weighted by atomic mass is 9.95. The van der Waals surface area contributed by atoms with Gasteiger partial charge in [0.05, 0.1) is 0 Å². The average Bonchev–Trinajstić information content (AvgIpc) is 2.79. The molecule has 1 atom stereocenters. The van der Waals surface area contributed by atoms with Gasteiger partial charge in [-0.15, -0.1) is 0 Å². The van der Waals surface area contributed by atoms with Gasteiger partial charge < -0.3 is 10.0 Å². The van der Waals surface area contributed by atoms with Crippen molar-refractivity contribution in [2.75, 3.05) is 18.0 Å². The van der Waals surface area contributed by atoms with Crippen LogP contribution in [0.4, 0.5) is 14.6 Å². The summed E-state index contributed by atoms with van der Waals surface area (Å²) in [5.74, 6) is -4.25. The molecule has 0 aromatic carbocycles. The van der Waals surface area contributed by atoms with E-state index >= 15 is 0 Å². The van der Waals surface area contributed by atoms with Gasteiger partial charge in [-0.3, -0.25) is 4.79 Å². The van der Waals surface area contributed by atoms with Gasteiger partial charge in [0, 0.05) is 31.3 Å². The Balaban J connectivity index is 2.08. The number of pyridine rings is 1. The number of hydrogen-bond donors (Lipinski definition) is 1. The highest BCUT2D eigenvalue weighted by Crippen LogP contribution is 2.63. The van der Waals surface area contributed by atoms with Gasteiger partial charge in [-0.25, -0.2) is 13.8 Å². The second kappa shape index (κ2) is 3.88. The summed E-state index contributed by atoms with van der Waals surface area (Å²) in [6.45, 7) is 1.48. The first-order valence-electron chi connectivity index (χ1n) is 6.31. The fourth-order valence-electron chi connectivity index (χ4n) is 2.84. The van der Waals surface area contributed by atoms with Crippen LogP contribution < -0.4 is 4.90 Å². The maximum absolute atomic E-state index is 13.6. The fourth-order valence-corrected chi connectivity index (χ4v) is 2.84. The Labute approximate surface area is 109 Å². The van der Waals surface area contributed by atoms with E-state index in [1.54, 1.807) is 0 Å². The van der Waals surface area contributed by atoms with Crippen LogP contribution in [0.25, 0.3) is 0 Å². The van der Waals surface area contributed by atoms with E-state index < -0.39 is 23.7 Å². The lowest BCUT2D eigenvalue weighted by Gasteiger charge is -2.23. The SMILES string of the molecule is O=C(O)C1(c2cccnc2N2CCCC2)CC1(F)F. The van der Waals surface area contributed by atoms with Crippen molar-refractivity contribution in [3.63, 3.8) is 0 Å². The van der Waals surface area contributed by atoms with E-state index in [1.807, 2.05) is 4.90 Å². The van der Waals surface area contributed by atoms with Crippen LogP contribution in [0.15, 0.2) is 18.3 Å². The van der Waals surface area contributed by atoms with E-state index in [0.717, 1.165) is 25.9 Å². The van der Waals surface area contributed by atoms with Gasteiger partial charge >= 0.3 is 5.97 Å². The molecular weight excluding hydrogens is 254 g/mol. The normalized spacial score (nSPS) is 28.4. The van der Waals surface area contributed by atoms with E-state index in [0.29, 0.717) is 5.82 Å². The first-order valence-corrected chi connectivity index (χ1v) is 6.31. The molecular formula is C13H14F2N2O2. The minimum atomic E-state index is -3.18. The third-order valence-corrected chi connectivity index (χ3v) is 4.00. The van der Waals surface area contributed by atoms with Crippen molar-refractivity contribution in [3.05, 3.63) is 23.9 Å². The number of carboxylic acids is 1. The van der Waals surface area contributed by atoms with Crippen molar-refractivity contribution < 1.29 is 18.7 Å². The summed E-state index contributed by atoms with van der Waals surface area (Å²) in [5, 5.41) is 9.23. The molecule has 102 valence electrons. The summed E-state index contributed by atoms with van der Waals surface area (Å²) >= 11 is 0. The van der Waals surface area contributed by atoms with Crippen LogP contribution in [0.5, 0.6) is 0 Å². The predicted molar refractivity (Wildman–Crippen MR) is 64.6 cm³/mol. The molecule has 0 bridgehead atoms. The summed E-state index contributed by atoms with van der Waals surface area (Å²) in [7, 11) is 0. The topological polar surface area (TPSA) is 53.4 Å². The molecule has 1 N–H and O–H groups in total. The molecule has 0 radical (unpaired) electrons. The molecule has 4 nitrogen and oxygen atoms in total. The van der Waals surface area contributed by atoms with Crippen molar-refractivity contribution in [3.8, 4) is 0 Å². The Kier molecular flexibility index (Phi) is 2.52. The van der Waals surface area contributed by atoms with E-state index in [4.69, 9.17) is 0 Å². The molecule has 2 aliphatic rings. The monoisotopic (exact) mass is 268 g/mol. The zero-order valence-corrected chi connectivity index (χ0v) is 10.3. The summed E-state index contributed by atoms with van der Waals surface area (Å²) in [6.07, 6.45) is 2.84. The van der Waals surface area contributed by atoms with Crippen molar-refractivity contribution in [2.24, 2.45) is 0 Å². The third-order valence-electron chi connectivity index (χ3n) is 4.00. The lowest BCUT2D eigenvalue weighted by Crippen LogP contribution is -2.31. The fraction of sp³-hybridized carbons (Fsp3) is 0.538. The molecule has 1 aromatic heterocycles. The van der Waals surface area contributed by atoms with Gasteiger partial charge in [-0.2, -0.15) is 0 Å². The Morgan fingerprint density at radius 2 is 2.00 bits per heavy atom. The molecule has 1 aliphatic heterocycles. The number of aromatic nitrogens is 1. The van der Waals surface area contributed by atoms with Gasteiger partial charge in [0.15, 0.2) is 5.41 Å². The van der Waals surface area contributed by atoms with Crippen LogP contribution in [0.1, 0.15) is 24.8 Å². The van der Waals surface area contributed by atoms with Gasteiger partial charge in [-0.1, -0.05) is 6.07 Å². The summed E-state index contributed by atoms with van der Waals surface area (Å²) in [4.78, 5) is 17.4. The number of halogens is 2. The Bertz CT molecular complexity index is 529. The van der Waals surface area contributed by atoms with E-state index in [9.17, 15) is 18.7 Å². The smallest absolute Gasteiger partial charge is 0.320 e. The number of hydrogen-bond acceptors (Lipinski definition) is 3. The minimum Gasteiger partial charge on any atom is -0.480 e. The molecule has 1 unspecified atom stereocenters. The van der Waals surface area contributed by atoms with E-state index in [-0.39, 0.29) is 5.56 Å². The van der Waals surface area contributed by atoms with Crippen molar-refractivity contribution >= 4 is 11.8 Å². The van der Waals surface area contributed by atoms with Gasteiger partial charge in [0.2, 0.25) is 0 Å². The molecule has 3 rings (SSSR count). The highest BCUT2D eigenvalue weighted by Gasteiger charge is 2.78. The second-order valence-corrected chi connectivity index (χ2v) is 5.16. The Morgan fingerprint density at radius 1 is 1.37 bits per heavy atom. The predicted octanol–water partition coefficient (Wildman–Crippen LogP) is 2.04. The second-order valence-electron chi connectivity index (χ2n) is 5.16. The van der Waals surface area contributed by atoms with Crippen LogP contribution in [0, 0.1) is 0 Å². The standard InChI is InChI=1S/C13H14F2N2O2/c14-13(15)8-12(13,11(18)19)9-4-3-5-16-10(9)17-6-1-2-7-17/h3-5H,1-2,6-8H2,(H,18,19). The number of aliphatic carboxylic acids is 1. The summed E-state index contributed by atoms with van der Waals surface area (Å²) in [6, 6.07) is 2.99. The van der Waals surface area contributed by atoms with E-state index in [1.165, 1.54) is 18.3 Å². The number of nitrogens with zero attached hydrogens (tertiary/aromatic N) is 2. The molecule has 19 heavy (non-hydrogen) atoms. The van der Waals surface area contributed by atoms with Crippen LogP contribution in [-0.2, 0) is 10.2 Å². The van der Waals surface area contributed by atoms with Crippen molar-refractivity contribution in [1.82, 2.24) is 4.98 Å². The quantitative estimate of drug-likeness (QED) is 0.911. The molecule has 1 aliphatic carbocycles. The zero-order chi connectivity index (χ0) is 13.7. The highest BCUT2D eigenvalue weighted by atomic mass is 19.3.